The Bertz CT molecular complexity index is 403. The van der Waals surface area contributed by atoms with Gasteiger partial charge in [-0.3, -0.25) is 4.79 Å². The summed E-state index contributed by atoms with van der Waals surface area (Å²) in [5.41, 5.74) is 0.852. The van der Waals surface area contributed by atoms with Crippen LogP contribution in [0.2, 0.25) is 0 Å². The zero-order chi connectivity index (χ0) is 14.3. The zero-order valence-electron chi connectivity index (χ0n) is 10.3. The molecule has 106 valence electrons. The number of carbonyl (C=O) groups is 1. The maximum atomic E-state index is 11.9. The van der Waals surface area contributed by atoms with Crippen molar-refractivity contribution in [2.24, 2.45) is 0 Å². The van der Waals surface area contributed by atoms with Crippen LogP contribution < -0.4 is 5.32 Å². The second-order valence-electron chi connectivity index (χ2n) is 4.27. The van der Waals surface area contributed by atoms with Crippen molar-refractivity contribution >= 4 is 18.5 Å². The van der Waals surface area contributed by atoms with E-state index >= 15 is 0 Å². The van der Waals surface area contributed by atoms with Crippen LogP contribution in [0, 0.1) is 0 Å². The van der Waals surface area contributed by atoms with Gasteiger partial charge in [0.15, 0.2) is 0 Å². The highest BCUT2D eigenvalue weighted by Crippen LogP contribution is 2.21. The summed E-state index contributed by atoms with van der Waals surface area (Å²) < 4.78 is 35.6. The Morgan fingerprint density at radius 2 is 1.79 bits per heavy atom. The van der Waals surface area contributed by atoms with E-state index in [0.717, 1.165) is 10.5 Å². The van der Waals surface area contributed by atoms with Gasteiger partial charge in [-0.2, -0.15) is 13.2 Å². The first-order valence-electron chi connectivity index (χ1n) is 5.98. The van der Waals surface area contributed by atoms with E-state index in [1.165, 1.54) is 0 Å². The van der Waals surface area contributed by atoms with Crippen molar-refractivity contribution in [2.75, 3.05) is 6.54 Å². The van der Waals surface area contributed by atoms with Crippen LogP contribution in [0.4, 0.5) is 13.2 Å². The highest BCUT2D eigenvalue weighted by molar-refractivity contribution is 7.80. The number of rotatable bonds is 6. The van der Waals surface area contributed by atoms with E-state index in [4.69, 9.17) is 0 Å². The molecule has 0 aliphatic heterocycles. The van der Waals surface area contributed by atoms with Crippen molar-refractivity contribution in [1.29, 1.82) is 0 Å². The summed E-state index contributed by atoms with van der Waals surface area (Å²) >= 11 is 4.13. The fourth-order valence-corrected chi connectivity index (χ4v) is 1.69. The van der Waals surface area contributed by atoms with Gasteiger partial charge in [-0.15, -0.1) is 12.6 Å². The molecule has 2 nitrogen and oxygen atoms in total. The van der Waals surface area contributed by atoms with Crippen LogP contribution in [-0.2, 0) is 11.2 Å². The summed E-state index contributed by atoms with van der Waals surface area (Å²) in [5.74, 6) is -0.182. The molecule has 0 aliphatic carbocycles. The highest BCUT2D eigenvalue weighted by atomic mass is 32.1. The third kappa shape index (κ3) is 7.77. The molecule has 0 fully saturated rings. The van der Waals surface area contributed by atoms with E-state index in [2.05, 4.69) is 17.9 Å². The predicted octanol–water partition coefficient (Wildman–Crippen LogP) is 3.37. The van der Waals surface area contributed by atoms with Crippen molar-refractivity contribution in [3.63, 3.8) is 0 Å². The first kappa shape index (κ1) is 15.9. The smallest absolute Gasteiger partial charge is 0.356 e. The van der Waals surface area contributed by atoms with Crippen molar-refractivity contribution in [3.8, 4) is 0 Å². The van der Waals surface area contributed by atoms with Gasteiger partial charge in [0, 0.05) is 17.9 Å². The second-order valence-corrected chi connectivity index (χ2v) is 4.78. The quantitative estimate of drug-likeness (QED) is 0.610. The maximum absolute atomic E-state index is 11.9. The minimum Gasteiger partial charge on any atom is -0.356 e. The Kier molecular flexibility index (Phi) is 6.21. The zero-order valence-corrected chi connectivity index (χ0v) is 11.2. The van der Waals surface area contributed by atoms with Crippen LogP contribution >= 0.6 is 12.6 Å². The molecule has 0 aliphatic rings. The van der Waals surface area contributed by atoms with Crippen LogP contribution in [0.15, 0.2) is 29.2 Å². The Balaban J connectivity index is 2.16. The summed E-state index contributed by atoms with van der Waals surface area (Å²) in [6.07, 6.45) is -4.31. The molecule has 6 heteroatoms. The standard InChI is InChI=1S/C13H16F3NOS/c14-13(15,16)7-1-2-8-17-12(18)9-10-3-5-11(19)6-4-10/h3-6,19H,1-2,7-9H2,(H,17,18). The van der Waals surface area contributed by atoms with E-state index in [-0.39, 0.29) is 25.3 Å². The van der Waals surface area contributed by atoms with Crippen molar-refractivity contribution in [3.05, 3.63) is 29.8 Å². The highest BCUT2D eigenvalue weighted by Gasteiger charge is 2.25. The number of amides is 1. The number of nitrogens with one attached hydrogen (secondary N) is 1. The van der Waals surface area contributed by atoms with Gasteiger partial charge in [0.05, 0.1) is 6.42 Å². The molecule has 0 saturated heterocycles. The summed E-state index contributed by atoms with van der Waals surface area (Å²) in [4.78, 5) is 12.3. The molecule has 1 aromatic rings. The van der Waals surface area contributed by atoms with Gasteiger partial charge in [0.1, 0.15) is 0 Å². The fourth-order valence-electron chi connectivity index (χ4n) is 1.54. The largest absolute Gasteiger partial charge is 0.389 e. The van der Waals surface area contributed by atoms with Crippen LogP contribution in [0.5, 0.6) is 0 Å². The lowest BCUT2D eigenvalue weighted by molar-refractivity contribution is -0.135. The van der Waals surface area contributed by atoms with Gasteiger partial charge in [-0.05, 0) is 30.5 Å². The topological polar surface area (TPSA) is 29.1 Å². The number of benzene rings is 1. The lowest BCUT2D eigenvalue weighted by Gasteiger charge is -2.07. The Hall–Kier alpha value is -1.17. The molecule has 1 rings (SSSR count). The first-order chi connectivity index (χ1) is 8.87. The van der Waals surface area contributed by atoms with E-state index in [9.17, 15) is 18.0 Å². The van der Waals surface area contributed by atoms with Gasteiger partial charge in [0.25, 0.3) is 0 Å². The average molecular weight is 291 g/mol. The molecule has 0 heterocycles. The minimum absolute atomic E-state index is 0.0398. The number of carbonyl (C=O) groups excluding carboxylic acids is 1. The van der Waals surface area contributed by atoms with Gasteiger partial charge < -0.3 is 5.32 Å². The molecule has 0 radical (unpaired) electrons. The number of halogens is 3. The van der Waals surface area contributed by atoms with Crippen molar-refractivity contribution in [2.45, 2.75) is 36.8 Å². The molecule has 1 aromatic carbocycles. The van der Waals surface area contributed by atoms with Crippen LogP contribution in [0.25, 0.3) is 0 Å². The van der Waals surface area contributed by atoms with Gasteiger partial charge in [-0.1, -0.05) is 12.1 Å². The van der Waals surface area contributed by atoms with Crippen LogP contribution in [-0.4, -0.2) is 18.6 Å². The number of thiol groups is 1. The normalized spacial score (nSPS) is 11.4. The summed E-state index contributed by atoms with van der Waals surface area (Å²) in [6, 6.07) is 7.17. The molecular weight excluding hydrogens is 275 g/mol. The molecule has 19 heavy (non-hydrogen) atoms. The van der Waals surface area contributed by atoms with Crippen LogP contribution in [0.3, 0.4) is 0 Å². The molecule has 0 atom stereocenters. The third-order valence-electron chi connectivity index (χ3n) is 2.51. The van der Waals surface area contributed by atoms with Crippen LogP contribution in [0.1, 0.15) is 24.8 Å². The molecule has 0 unspecified atom stereocenters. The first-order valence-corrected chi connectivity index (χ1v) is 6.43. The van der Waals surface area contributed by atoms with E-state index in [0.29, 0.717) is 6.42 Å². The summed E-state index contributed by atoms with van der Waals surface area (Å²) in [5, 5.41) is 2.61. The molecular formula is C13H16F3NOS. The monoisotopic (exact) mass is 291 g/mol. The third-order valence-corrected chi connectivity index (χ3v) is 2.81. The lowest BCUT2D eigenvalue weighted by atomic mass is 10.1. The average Bonchev–Trinajstić information content (AvgIpc) is 2.30. The SMILES string of the molecule is O=C(Cc1ccc(S)cc1)NCCCCC(F)(F)F. The predicted molar refractivity (Wildman–Crippen MR) is 70.3 cm³/mol. The summed E-state index contributed by atoms with van der Waals surface area (Å²) in [6.45, 7) is 0.277. The number of hydrogen-bond donors (Lipinski definition) is 2. The number of hydrogen-bond acceptors (Lipinski definition) is 2. The minimum atomic E-state index is -4.11. The molecule has 1 amide bonds. The number of alkyl halides is 3. The second kappa shape index (κ2) is 7.43. The Labute approximate surface area is 115 Å². The van der Waals surface area contributed by atoms with Gasteiger partial charge in [-0.25, -0.2) is 0 Å². The Morgan fingerprint density at radius 1 is 1.16 bits per heavy atom. The van der Waals surface area contributed by atoms with Crippen molar-refractivity contribution < 1.29 is 18.0 Å². The van der Waals surface area contributed by atoms with Gasteiger partial charge in [0.2, 0.25) is 5.91 Å². The molecule has 0 saturated carbocycles. The lowest BCUT2D eigenvalue weighted by Crippen LogP contribution is -2.26. The maximum Gasteiger partial charge on any atom is 0.389 e. The molecule has 0 aromatic heterocycles. The van der Waals surface area contributed by atoms with Crippen molar-refractivity contribution in [1.82, 2.24) is 5.32 Å². The number of unbranched alkanes of at least 4 members (excludes halogenated alkanes) is 1. The fraction of sp³-hybridized carbons (Fsp3) is 0.462. The van der Waals surface area contributed by atoms with Gasteiger partial charge >= 0.3 is 6.18 Å². The Morgan fingerprint density at radius 3 is 2.37 bits per heavy atom. The van der Waals surface area contributed by atoms with E-state index in [1.807, 2.05) is 0 Å². The molecule has 0 spiro atoms. The van der Waals surface area contributed by atoms with E-state index in [1.54, 1.807) is 24.3 Å². The molecule has 0 bridgehead atoms. The summed E-state index contributed by atoms with van der Waals surface area (Å²) in [7, 11) is 0. The van der Waals surface area contributed by atoms with E-state index < -0.39 is 12.6 Å². The molecule has 1 N–H and O–H groups in total.